The molecule has 0 bridgehead atoms. The lowest BCUT2D eigenvalue weighted by atomic mass is 9.80. The van der Waals surface area contributed by atoms with Crippen molar-refractivity contribution in [2.24, 2.45) is 0 Å². The third-order valence-electron chi connectivity index (χ3n) is 2.15. The zero-order valence-electron chi connectivity index (χ0n) is 8.95. The van der Waals surface area contributed by atoms with E-state index < -0.39 is 17.3 Å². The highest BCUT2D eigenvalue weighted by Gasteiger charge is 2.18. The van der Waals surface area contributed by atoms with Crippen LogP contribution >= 0.6 is 0 Å². The standard InChI is InChI=1S/C8H13BN2O4S/c1-10-16(14,15)11(2)8-5-3-4-7(6-8)9(12)13/h3-6,10,12-13H,1-2H3. The summed E-state index contributed by atoms with van der Waals surface area (Å²) in [6.45, 7) is 0. The predicted octanol–water partition coefficient (Wildman–Crippen LogP) is -1.73. The van der Waals surface area contributed by atoms with Crippen LogP contribution in [0, 0.1) is 0 Å². The molecule has 0 amide bonds. The van der Waals surface area contributed by atoms with E-state index >= 15 is 0 Å². The molecule has 0 radical (unpaired) electrons. The molecule has 0 aliphatic carbocycles. The second-order valence-electron chi connectivity index (χ2n) is 3.15. The van der Waals surface area contributed by atoms with Crippen LogP contribution in [-0.4, -0.2) is 39.7 Å². The van der Waals surface area contributed by atoms with Gasteiger partial charge in [0.1, 0.15) is 0 Å². The van der Waals surface area contributed by atoms with Gasteiger partial charge in [0.2, 0.25) is 0 Å². The molecule has 0 aliphatic heterocycles. The summed E-state index contributed by atoms with van der Waals surface area (Å²) in [5.74, 6) is 0. The quantitative estimate of drug-likeness (QED) is 0.549. The molecule has 0 atom stereocenters. The van der Waals surface area contributed by atoms with E-state index in [-0.39, 0.29) is 5.46 Å². The third-order valence-corrected chi connectivity index (χ3v) is 3.60. The van der Waals surface area contributed by atoms with Crippen LogP contribution < -0.4 is 14.5 Å². The highest BCUT2D eigenvalue weighted by molar-refractivity contribution is 7.90. The second-order valence-corrected chi connectivity index (χ2v) is 5.05. The van der Waals surface area contributed by atoms with Gasteiger partial charge in [-0.3, -0.25) is 4.31 Å². The summed E-state index contributed by atoms with van der Waals surface area (Å²) in [5, 5.41) is 17.9. The molecule has 88 valence electrons. The number of anilines is 1. The first kappa shape index (κ1) is 13.0. The lowest BCUT2D eigenvalue weighted by Crippen LogP contribution is -2.37. The Kier molecular flexibility index (Phi) is 3.92. The first-order valence-electron chi connectivity index (χ1n) is 4.52. The molecule has 8 heteroatoms. The molecule has 0 saturated heterocycles. The summed E-state index contributed by atoms with van der Waals surface area (Å²) in [6, 6.07) is 5.99. The summed E-state index contributed by atoms with van der Waals surface area (Å²) in [7, 11) is -2.52. The Morgan fingerprint density at radius 1 is 1.38 bits per heavy atom. The maximum atomic E-state index is 11.5. The van der Waals surface area contributed by atoms with Gasteiger partial charge >= 0.3 is 17.3 Å². The van der Waals surface area contributed by atoms with Gasteiger partial charge in [-0.15, -0.1) is 0 Å². The molecular formula is C8H13BN2O4S. The first-order valence-corrected chi connectivity index (χ1v) is 5.96. The van der Waals surface area contributed by atoms with Gasteiger partial charge in [-0.25, -0.2) is 4.72 Å². The Bertz CT molecular complexity index is 463. The highest BCUT2D eigenvalue weighted by atomic mass is 32.2. The molecule has 0 heterocycles. The van der Waals surface area contributed by atoms with Crippen LogP contribution in [0.15, 0.2) is 24.3 Å². The van der Waals surface area contributed by atoms with Crippen LogP contribution in [-0.2, 0) is 10.2 Å². The van der Waals surface area contributed by atoms with Crippen molar-refractivity contribution >= 4 is 28.5 Å². The van der Waals surface area contributed by atoms with Gasteiger partial charge < -0.3 is 10.0 Å². The van der Waals surface area contributed by atoms with E-state index in [4.69, 9.17) is 10.0 Å². The third kappa shape index (κ3) is 2.73. The van der Waals surface area contributed by atoms with E-state index in [1.54, 1.807) is 12.1 Å². The van der Waals surface area contributed by atoms with Crippen LogP contribution in [0.1, 0.15) is 0 Å². The lowest BCUT2D eigenvalue weighted by Gasteiger charge is -2.19. The minimum absolute atomic E-state index is 0.232. The van der Waals surface area contributed by atoms with Crippen LogP contribution in [0.5, 0.6) is 0 Å². The van der Waals surface area contributed by atoms with Crippen molar-refractivity contribution in [3.05, 3.63) is 24.3 Å². The minimum Gasteiger partial charge on any atom is -0.423 e. The van der Waals surface area contributed by atoms with E-state index in [1.165, 1.54) is 26.2 Å². The van der Waals surface area contributed by atoms with Crippen LogP contribution in [0.4, 0.5) is 5.69 Å². The first-order chi connectivity index (χ1) is 7.38. The van der Waals surface area contributed by atoms with Crippen molar-refractivity contribution in [3.8, 4) is 0 Å². The molecule has 6 nitrogen and oxygen atoms in total. The fraction of sp³-hybridized carbons (Fsp3) is 0.250. The Hall–Kier alpha value is -1.09. The molecule has 0 aliphatic rings. The van der Waals surface area contributed by atoms with Gasteiger partial charge in [0.15, 0.2) is 0 Å². The van der Waals surface area contributed by atoms with Gasteiger partial charge in [-0.1, -0.05) is 12.1 Å². The van der Waals surface area contributed by atoms with E-state index in [9.17, 15) is 8.42 Å². The van der Waals surface area contributed by atoms with Crippen LogP contribution in [0.25, 0.3) is 0 Å². The van der Waals surface area contributed by atoms with Crippen molar-refractivity contribution in [3.63, 3.8) is 0 Å². The number of hydrogen-bond donors (Lipinski definition) is 3. The molecule has 16 heavy (non-hydrogen) atoms. The number of nitrogens with zero attached hydrogens (tertiary/aromatic N) is 1. The van der Waals surface area contributed by atoms with Crippen molar-refractivity contribution in [2.75, 3.05) is 18.4 Å². The van der Waals surface area contributed by atoms with Crippen LogP contribution in [0.2, 0.25) is 0 Å². The Morgan fingerprint density at radius 3 is 2.50 bits per heavy atom. The average Bonchev–Trinajstić information content (AvgIpc) is 2.28. The van der Waals surface area contributed by atoms with Crippen molar-refractivity contribution in [1.29, 1.82) is 0 Å². The molecule has 1 aromatic carbocycles. The van der Waals surface area contributed by atoms with E-state index in [0.717, 1.165) is 4.31 Å². The van der Waals surface area contributed by atoms with E-state index in [1.807, 2.05) is 0 Å². The predicted molar refractivity (Wildman–Crippen MR) is 62.7 cm³/mol. The summed E-state index contributed by atoms with van der Waals surface area (Å²) >= 11 is 0. The normalized spacial score (nSPS) is 11.2. The van der Waals surface area contributed by atoms with Gasteiger partial charge in [0.25, 0.3) is 0 Å². The molecule has 3 N–H and O–H groups in total. The van der Waals surface area contributed by atoms with Gasteiger partial charge in [-0.05, 0) is 17.6 Å². The molecule has 1 aromatic rings. The lowest BCUT2D eigenvalue weighted by molar-refractivity contribution is 0.426. The summed E-state index contributed by atoms with van der Waals surface area (Å²) in [6.07, 6.45) is 0. The molecule has 0 unspecified atom stereocenters. The van der Waals surface area contributed by atoms with E-state index in [2.05, 4.69) is 4.72 Å². The fourth-order valence-electron chi connectivity index (χ4n) is 1.16. The second kappa shape index (κ2) is 4.83. The number of rotatable bonds is 4. The van der Waals surface area contributed by atoms with Gasteiger partial charge in [0.05, 0.1) is 5.69 Å². The monoisotopic (exact) mass is 244 g/mol. The highest BCUT2D eigenvalue weighted by Crippen LogP contribution is 2.12. The number of benzene rings is 1. The summed E-state index contributed by atoms with van der Waals surface area (Å²) in [5.41, 5.74) is 0.579. The molecule has 1 rings (SSSR count). The largest absolute Gasteiger partial charge is 0.488 e. The SMILES string of the molecule is CNS(=O)(=O)N(C)c1cccc(B(O)O)c1. The number of hydrogen-bond acceptors (Lipinski definition) is 4. The van der Waals surface area contributed by atoms with Crippen molar-refractivity contribution < 1.29 is 18.5 Å². The fourth-order valence-corrected chi connectivity index (χ4v) is 1.82. The van der Waals surface area contributed by atoms with Crippen molar-refractivity contribution in [2.45, 2.75) is 0 Å². The Morgan fingerprint density at radius 2 is 2.00 bits per heavy atom. The van der Waals surface area contributed by atoms with Gasteiger partial charge in [0, 0.05) is 14.1 Å². The van der Waals surface area contributed by atoms with E-state index in [0.29, 0.717) is 5.69 Å². The smallest absolute Gasteiger partial charge is 0.423 e. The maximum absolute atomic E-state index is 11.5. The van der Waals surface area contributed by atoms with Gasteiger partial charge in [-0.2, -0.15) is 8.42 Å². The zero-order valence-corrected chi connectivity index (χ0v) is 9.77. The topological polar surface area (TPSA) is 89.9 Å². The Balaban J connectivity index is 3.10. The Labute approximate surface area is 94.8 Å². The molecule has 0 saturated carbocycles. The summed E-state index contributed by atoms with van der Waals surface area (Å²) in [4.78, 5) is 0. The minimum atomic E-state index is -3.57. The molecule has 0 fully saturated rings. The van der Waals surface area contributed by atoms with Crippen molar-refractivity contribution in [1.82, 2.24) is 4.72 Å². The summed E-state index contributed by atoms with van der Waals surface area (Å²) < 4.78 is 26.1. The average molecular weight is 244 g/mol. The molecular weight excluding hydrogens is 231 g/mol. The molecule has 0 aromatic heterocycles. The maximum Gasteiger partial charge on any atom is 0.488 e. The zero-order chi connectivity index (χ0) is 12.3. The molecule has 0 spiro atoms. The van der Waals surface area contributed by atoms with Crippen LogP contribution in [0.3, 0.4) is 0 Å². The number of nitrogens with one attached hydrogen (secondary N) is 1.